The summed E-state index contributed by atoms with van der Waals surface area (Å²) in [5, 5.41) is 14.4. The maximum Gasteiger partial charge on any atom is 0.326 e. The number of carboxylic acid groups (broad SMARTS) is 1. The van der Waals surface area contributed by atoms with Crippen LogP contribution >= 0.6 is 11.8 Å². The van der Waals surface area contributed by atoms with Gasteiger partial charge in [-0.3, -0.25) is 4.79 Å². The van der Waals surface area contributed by atoms with Crippen molar-refractivity contribution in [3.05, 3.63) is 0 Å². The van der Waals surface area contributed by atoms with E-state index in [0.717, 1.165) is 12.3 Å². The van der Waals surface area contributed by atoms with Gasteiger partial charge in [0.25, 0.3) is 0 Å². The fourth-order valence-corrected chi connectivity index (χ4v) is 2.28. The maximum atomic E-state index is 11.6. The van der Waals surface area contributed by atoms with Crippen molar-refractivity contribution in [3.8, 4) is 0 Å². The third-order valence-corrected chi connectivity index (χ3v) is 3.32. The monoisotopic (exact) mass is 232 g/mol. The van der Waals surface area contributed by atoms with Crippen molar-refractivity contribution in [1.29, 1.82) is 0 Å². The van der Waals surface area contributed by atoms with Gasteiger partial charge in [-0.2, -0.15) is 11.8 Å². The number of hydrogen-bond acceptors (Lipinski definition) is 4. The lowest BCUT2D eigenvalue weighted by Gasteiger charge is -2.23. The molecule has 1 heterocycles. The number of carbonyl (C=O) groups excluding carboxylic acids is 1. The molecule has 86 valence electrons. The summed E-state index contributed by atoms with van der Waals surface area (Å²) in [7, 11) is 0. The number of rotatable bonds is 4. The molecule has 0 bridgehead atoms. The van der Waals surface area contributed by atoms with Gasteiger partial charge in [0.1, 0.15) is 6.04 Å². The largest absolute Gasteiger partial charge is 0.480 e. The molecule has 5 nitrogen and oxygen atoms in total. The van der Waals surface area contributed by atoms with Crippen molar-refractivity contribution in [3.63, 3.8) is 0 Å². The first-order valence-corrected chi connectivity index (χ1v) is 6.15. The van der Waals surface area contributed by atoms with Gasteiger partial charge >= 0.3 is 5.97 Å². The Labute approximate surface area is 93.0 Å². The summed E-state index contributed by atoms with van der Waals surface area (Å²) in [6, 6.07) is -1.02. The Bertz CT molecular complexity index is 242. The van der Waals surface area contributed by atoms with E-state index in [-0.39, 0.29) is 11.9 Å². The van der Waals surface area contributed by atoms with Gasteiger partial charge in [-0.15, -0.1) is 0 Å². The molecule has 1 amide bonds. The third-order valence-electron chi connectivity index (χ3n) is 2.26. The van der Waals surface area contributed by atoms with E-state index < -0.39 is 12.0 Å². The van der Waals surface area contributed by atoms with Crippen LogP contribution < -0.4 is 10.6 Å². The lowest BCUT2D eigenvalue weighted by molar-refractivity contribution is -0.142. The molecule has 0 aromatic carbocycles. The topological polar surface area (TPSA) is 78.4 Å². The van der Waals surface area contributed by atoms with Crippen LogP contribution in [0.3, 0.4) is 0 Å². The first kappa shape index (κ1) is 12.3. The lowest BCUT2D eigenvalue weighted by atomic mass is 10.2. The maximum absolute atomic E-state index is 11.6. The summed E-state index contributed by atoms with van der Waals surface area (Å²) >= 11 is 1.70. The first-order chi connectivity index (χ1) is 7.15. The Morgan fingerprint density at radius 3 is 2.87 bits per heavy atom. The van der Waals surface area contributed by atoms with E-state index in [1.807, 2.05) is 0 Å². The number of aliphatic carboxylic acids is 1. The summed E-state index contributed by atoms with van der Waals surface area (Å²) in [4.78, 5) is 22.3. The Morgan fingerprint density at radius 1 is 1.67 bits per heavy atom. The summed E-state index contributed by atoms with van der Waals surface area (Å²) in [5.41, 5.74) is 0. The predicted molar refractivity (Wildman–Crippen MR) is 59.0 cm³/mol. The number of amides is 1. The minimum atomic E-state index is -0.977. The van der Waals surface area contributed by atoms with Crippen molar-refractivity contribution < 1.29 is 14.7 Å². The van der Waals surface area contributed by atoms with E-state index >= 15 is 0 Å². The SMILES string of the molecule is CC[C@@H](NC(=O)C1CSCCN1)C(=O)O. The van der Waals surface area contributed by atoms with Crippen LogP contribution in [0.25, 0.3) is 0 Å². The lowest BCUT2D eigenvalue weighted by Crippen LogP contribution is -2.53. The van der Waals surface area contributed by atoms with E-state index in [2.05, 4.69) is 10.6 Å². The normalized spacial score (nSPS) is 23.1. The number of carbonyl (C=O) groups is 2. The molecule has 0 saturated carbocycles. The zero-order chi connectivity index (χ0) is 11.3. The van der Waals surface area contributed by atoms with Crippen LogP contribution in [0.15, 0.2) is 0 Å². The minimum absolute atomic E-state index is 0.212. The smallest absolute Gasteiger partial charge is 0.326 e. The van der Waals surface area contributed by atoms with Gasteiger partial charge in [-0.1, -0.05) is 6.92 Å². The molecule has 0 aliphatic carbocycles. The summed E-state index contributed by atoms with van der Waals surface area (Å²) in [6.45, 7) is 2.54. The molecule has 6 heteroatoms. The van der Waals surface area contributed by atoms with Crippen molar-refractivity contribution in [2.75, 3.05) is 18.1 Å². The van der Waals surface area contributed by atoms with Crippen molar-refractivity contribution >= 4 is 23.6 Å². The van der Waals surface area contributed by atoms with E-state index in [9.17, 15) is 9.59 Å². The zero-order valence-electron chi connectivity index (χ0n) is 8.66. The van der Waals surface area contributed by atoms with Gasteiger partial charge in [0, 0.05) is 18.1 Å². The molecular weight excluding hydrogens is 216 g/mol. The summed E-state index contributed by atoms with van der Waals surface area (Å²) < 4.78 is 0. The number of thioether (sulfide) groups is 1. The Balaban J connectivity index is 2.42. The molecule has 0 aromatic rings. The molecule has 15 heavy (non-hydrogen) atoms. The number of nitrogens with one attached hydrogen (secondary N) is 2. The molecule has 1 saturated heterocycles. The quantitative estimate of drug-likeness (QED) is 0.618. The van der Waals surface area contributed by atoms with Gasteiger partial charge in [-0.05, 0) is 6.42 Å². The molecule has 2 atom stereocenters. The molecule has 3 N–H and O–H groups in total. The molecule has 1 aliphatic rings. The molecule has 1 fully saturated rings. The highest BCUT2D eigenvalue weighted by atomic mass is 32.2. The van der Waals surface area contributed by atoms with E-state index in [0.29, 0.717) is 12.2 Å². The fraction of sp³-hybridized carbons (Fsp3) is 0.778. The number of carboxylic acids is 1. The second kappa shape index (κ2) is 5.97. The van der Waals surface area contributed by atoms with Gasteiger partial charge in [0.2, 0.25) is 5.91 Å². The van der Waals surface area contributed by atoms with Crippen LogP contribution in [0.4, 0.5) is 0 Å². The van der Waals surface area contributed by atoms with Crippen molar-refractivity contribution in [2.24, 2.45) is 0 Å². The van der Waals surface area contributed by atoms with Crippen LogP contribution in [-0.4, -0.2) is 47.1 Å². The molecule has 0 radical (unpaired) electrons. The summed E-state index contributed by atoms with van der Waals surface area (Å²) in [5.74, 6) is 0.521. The van der Waals surface area contributed by atoms with Crippen LogP contribution in [0.2, 0.25) is 0 Å². The average Bonchev–Trinajstić information content (AvgIpc) is 2.26. The second-order valence-electron chi connectivity index (χ2n) is 3.39. The molecule has 1 rings (SSSR count). The highest BCUT2D eigenvalue weighted by Crippen LogP contribution is 2.07. The van der Waals surface area contributed by atoms with Gasteiger partial charge in [0.15, 0.2) is 0 Å². The standard InChI is InChI=1S/C9H16N2O3S/c1-2-6(9(13)14)11-8(12)7-5-15-4-3-10-7/h6-7,10H,2-5H2,1H3,(H,11,12)(H,13,14)/t6-,7?/m1/s1. The van der Waals surface area contributed by atoms with Crippen LogP contribution in [0.1, 0.15) is 13.3 Å². The van der Waals surface area contributed by atoms with Crippen LogP contribution in [-0.2, 0) is 9.59 Å². The zero-order valence-corrected chi connectivity index (χ0v) is 9.47. The van der Waals surface area contributed by atoms with Gasteiger partial charge in [-0.25, -0.2) is 4.79 Å². The van der Waals surface area contributed by atoms with E-state index in [1.54, 1.807) is 18.7 Å². The molecule has 1 aliphatic heterocycles. The van der Waals surface area contributed by atoms with E-state index in [4.69, 9.17) is 5.11 Å². The Hall–Kier alpha value is -0.750. The average molecular weight is 232 g/mol. The molecule has 0 aromatic heterocycles. The highest BCUT2D eigenvalue weighted by molar-refractivity contribution is 7.99. The van der Waals surface area contributed by atoms with Crippen molar-refractivity contribution in [1.82, 2.24) is 10.6 Å². The third kappa shape index (κ3) is 3.71. The molecular formula is C9H16N2O3S. The Morgan fingerprint density at radius 2 is 2.40 bits per heavy atom. The second-order valence-corrected chi connectivity index (χ2v) is 4.54. The van der Waals surface area contributed by atoms with Crippen molar-refractivity contribution in [2.45, 2.75) is 25.4 Å². The Kier molecular flexibility index (Phi) is 4.90. The minimum Gasteiger partial charge on any atom is -0.480 e. The highest BCUT2D eigenvalue weighted by Gasteiger charge is 2.25. The fourth-order valence-electron chi connectivity index (χ4n) is 1.34. The molecule has 0 spiro atoms. The summed E-state index contributed by atoms with van der Waals surface area (Å²) in [6.07, 6.45) is 0.404. The molecule has 1 unspecified atom stereocenters. The van der Waals surface area contributed by atoms with Crippen LogP contribution in [0, 0.1) is 0 Å². The van der Waals surface area contributed by atoms with Gasteiger partial charge < -0.3 is 15.7 Å². The predicted octanol–water partition coefficient (Wildman–Crippen LogP) is -0.329. The van der Waals surface area contributed by atoms with Gasteiger partial charge in [0.05, 0.1) is 6.04 Å². The first-order valence-electron chi connectivity index (χ1n) is 4.99. The van der Waals surface area contributed by atoms with Crippen LogP contribution in [0.5, 0.6) is 0 Å². The van der Waals surface area contributed by atoms with E-state index in [1.165, 1.54) is 0 Å². The number of hydrogen-bond donors (Lipinski definition) is 3.